The van der Waals surface area contributed by atoms with Crippen LogP contribution in [0, 0.1) is 0 Å². The lowest BCUT2D eigenvalue weighted by Gasteiger charge is -2.38. The SMILES string of the molecule is COc1cc2c(cc1OC)[C@@H]1C(=O)c3ccc(O)c(C/C=C(\C)CBr)c3O[C@@H]1CO2.COc1cc2c(cc1OC)[C@@H]1C(=O)c3ccc(O)c(CC=C(C)C)c3O[C@@H]1CO2. The minimum atomic E-state index is -0.515. The Hall–Kier alpha value is -5.82. The predicted octanol–water partition coefficient (Wildman–Crippen LogP) is 8.45. The van der Waals surface area contributed by atoms with E-state index in [2.05, 4.69) is 15.9 Å². The molecular weight excluding hydrogens is 824 g/mol. The van der Waals surface area contributed by atoms with Crippen molar-refractivity contribution in [1.29, 1.82) is 0 Å². The Kier molecular flexibility index (Phi) is 12.0. The first kappa shape index (κ1) is 41.3. The summed E-state index contributed by atoms with van der Waals surface area (Å²) in [6.45, 7) is 6.43. The molecule has 0 aromatic heterocycles. The van der Waals surface area contributed by atoms with Crippen LogP contribution in [0.25, 0.3) is 0 Å². The maximum Gasteiger partial charge on any atom is 0.178 e. The predicted molar refractivity (Wildman–Crippen MR) is 224 cm³/mol. The first-order valence-corrected chi connectivity index (χ1v) is 20.3. The molecule has 0 spiro atoms. The Bertz CT molecular complexity index is 2360. The lowest BCUT2D eigenvalue weighted by Crippen LogP contribution is -2.43. The summed E-state index contributed by atoms with van der Waals surface area (Å²) >= 11 is 3.42. The summed E-state index contributed by atoms with van der Waals surface area (Å²) in [5.74, 6) is 3.31. The third-order valence-corrected chi connectivity index (χ3v) is 11.8. The monoisotopic (exact) mass is 870 g/mol. The second-order valence-corrected chi connectivity index (χ2v) is 15.4. The molecule has 13 heteroatoms. The highest BCUT2D eigenvalue weighted by Crippen LogP contribution is 2.50. The van der Waals surface area contributed by atoms with Crippen molar-refractivity contribution in [1.82, 2.24) is 0 Å². The van der Waals surface area contributed by atoms with E-state index in [1.807, 2.05) is 32.9 Å². The van der Waals surface area contributed by atoms with Gasteiger partial charge in [-0.3, -0.25) is 9.59 Å². The number of carbonyl (C=O) groups excluding carboxylic acids is 2. The molecule has 8 rings (SSSR count). The van der Waals surface area contributed by atoms with Crippen molar-refractivity contribution >= 4 is 27.5 Å². The first-order chi connectivity index (χ1) is 28.4. The molecule has 0 aliphatic carbocycles. The van der Waals surface area contributed by atoms with Gasteiger partial charge in [0.05, 0.1) is 51.4 Å². The number of methoxy groups -OCH3 is 4. The zero-order valence-electron chi connectivity index (χ0n) is 34.0. The van der Waals surface area contributed by atoms with Crippen LogP contribution in [0.1, 0.15) is 75.6 Å². The number of hydrogen-bond donors (Lipinski definition) is 2. The molecule has 4 atom stereocenters. The highest BCUT2D eigenvalue weighted by atomic mass is 79.9. The number of hydrogen-bond acceptors (Lipinski definition) is 12. The van der Waals surface area contributed by atoms with E-state index >= 15 is 0 Å². The Morgan fingerprint density at radius 3 is 1.46 bits per heavy atom. The lowest BCUT2D eigenvalue weighted by atomic mass is 9.81. The van der Waals surface area contributed by atoms with E-state index in [-0.39, 0.29) is 36.3 Å². The zero-order chi connectivity index (χ0) is 42.1. The molecule has 310 valence electrons. The quantitative estimate of drug-likeness (QED) is 0.123. The Morgan fingerprint density at radius 1 is 0.661 bits per heavy atom. The Morgan fingerprint density at radius 2 is 1.07 bits per heavy atom. The fourth-order valence-corrected chi connectivity index (χ4v) is 8.04. The van der Waals surface area contributed by atoms with Gasteiger partial charge in [-0.2, -0.15) is 0 Å². The number of ether oxygens (including phenoxy) is 8. The van der Waals surface area contributed by atoms with Gasteiger partial charge < -0.3 is 48.1 Å². The number of phenols is 2. The molecule has 4 aliphatic heterocycles. The maximum absolute atomic E-state index is 13.5. The molecule has 0 saturated carbocycles. The molecule has 4 aromatic rings. The van der Waals surface area contributed by atoms with Gasteiger partial charge in [0.2, 0.25) is 0 Å². The van der Waals surface area contributed by atoms with Gasteiger partial charge in [-0.25, -0.2) is 0 Å². The van der Waals surface area contributed by atoms with Crippen LogP contribution < -0.4 is 37.9 Å². The van der Waals surface area contributed by atoms with Gasteiger partial charge in [-0.1, -0.05) is 39.2 Å². The number of aromatic hydroxyl groups is 2. The normalized spacial score (nSPS) is 19.4. The molecule has 4 heterocycles. The molecule has 0 bridgehead atoms. The Labute approximate surface area is 351 Å². The van der Waals surface area contributed by atoms with Crippen molar-refractivity contribution in [3.05, 3.63) is 105 Å². The van der Waals surface area contributed by atoms with Crippen molar-refractivity contribution in [3.8, 4) is 57.5 Å². The fraction of sp³-hybridized carbons (Fsp3) is 0.348. The summed E-state index contributed by atoms with van der Waals surface area (Å²) in [6.07, 6.45) is 4.00. The molecule has 4 aliphatic rings. The van der Waals surface area contributed by atoms with Crippen LogP contribution in [-0.2, 0) is 12.8 Å². The number of benzene rings is 4. The zero-order valence-corrected chi connectivity index (χ0v) is 35.6. The van der Waals surface area contributed by atoms with Gasteiger partial charge in [0.25, 0.3) is 0 Å². The van der Waals surface area contributed by atoms with Crippen LogP contribution in [-0.4, -0.2) is 81.0 Å². The van der Waals surface area contributed by atoms with Crippen LogP contribution >= 0.6 is 15.9 Å². The second-order valence-electron chi connectivity index (χ2n) is 14.9. The standard InChI is InChI=1S/C23H23BrO6.C23H24O6/c1-12(10-24)4-5-13-16(25)7-6-14-22(26)21-15-8-18(27-2)19(28-3)9-17(15)29-11-20(21)30-23(13)14;1-12(2)5-6-13-16(24)8-7-14-22(25)21-15-9-18(26-3)19(27-4)10-17(15)28-11-20(21)29-23(13)14/h4,6-9,20-21,25H,5,10-11H2,1-3H3;5,7-10,20-21,24H,6,11H2,1-4H3/b12-4+;/t2*20-,21+/m11/s1. The molecule has 59 heavy (non-hydrogen) atoms. The average molecular weight is 872 g/mol. The van der Waals surface area contributed by atoms with Crippen molar-refractivity contribution < 1.29 is 57.7 Å². The van der Waals surface area contributed by atoms with Gasteiger partial charge >= 0.3 is 0 Å². The number of carbonyl (C=O) groups is 2. The first-order valence-electron chi connectivity index (χ1n) is 19.2. The fourth-order valence-electron chi connectivity index (χ4n) is 7.81. The van der Waals surface area contributed by atoms with Crippen molar-refractivity contribution in [2.45, 2.75) is 57.7 Å². The van der Waals surface area contributed by atoms with E-state index in [0.29, 0.717) is 92.2 Å². The number of phenolic OH excluding ortho intramolecular Hbond substituents is 2. The Balaban J connectivity index is 0.000000179. The van der Waals surface area contributed by atoms with Gasteiger partial charge in [-0.15, -0.1) is 0 Å². The number of ketones is 2. The molecule has 2 N–H and O–H groups in total. The molecule has 4 aromatic carbocycles. The summed E-state index contributed by atoms with van der Waals surface area (Å²) in [5, 5.41) is 21.5. The number of Topliss-reactive ketones (excluding diaryl/α,β-unsaturated/α-hetero) is 2. The van der Waals surface area contributed by atoms with E-state index in [1.165, 1.54) is 0 Å². The minimum absolute atomic E-state index is 0.0496. The number of halogens is 1. The van der Waals surface area contributed by atoms with Crippen LogP contribution in [0.3, 0.4) is 0 Å². The summed E-state index contributed by atoms with van der Waals surface area (Å²) in [4.78, 5) is 27.0. The van der Waals surface area contributed by atoms with Gasteiger partial charge in [0, 0.05) is 39.7 Å². The van der Waals surface area contributed by atoms with Crippen LogP contribution in [0.2, 0.25) is 0 Å². The summed E-state index contributed by atoms with van der Waals surface area (Å²) in [6, 6.07) is 13.4. The van der Waals surface area contributed by atoms with Crippen LogP contribution in [0.5, 0.6) is 57.5 Å². The lowest BCUT2D eigenvalue weighted by molar-refractivity contribution is 0.0547. The van der Waals surface area contributed by atoms with E-state index in [4.69, 9.17) is 37.9 Å². The van der Waals surface area contributed by atoms with E-state index in [0.717, 1.165) is 16.5 Å². The topological polar surface area (TPSA) is 148 Å². The van der Waals surface area contributed by atoms with Crippen LogP contribution in [0.4, 0.5) is 0 Å². The molecule has 0 amide bonds. The number of alkyl halides is 1. The van der Waals surface area contributed by atoms with Crippen molar-refractivity contribution in [3.63, 3.8) is 0 Å². The largest absolute Gasteiger partial charge is 0.508 e. The van der Waals surface area contributed by atoms with E-state index in [1.54, 1.807) is 77.0 Å². The summed E-state index contributed by atoms with van der Waals surface area (Å²) in [5.41, 5.74) is 5.85. The number of fused-ring (bicyclic) bond motifs is 8. The van der Waals surface area contributed by atoms with Gasteiger partial charge in [0.1, 0.15) is 59.9 Å². The summed E-state index contributed by atoms with van der Waals surface area (Å²) in [7, 11) is 6.22. The summed E-state index contributed by atoms with van der Waals surface area (Å²) < 4.78 is 45.8. The third kappa shape index (κ3) is 7.75. The minimum Gasteiger partial charge on any atom is -0.508 e. The van der Waals surface area contributed by atoms with Crippen molar-refractivity contribution in [2.75, 3.05) is 47.0 Å². The second kappa shape index (κ2) is 17.2. The smallest absolute Gasteiger partial charge is 0.178 e. The molecular formula is C46H47BrO12. The molecule has 0 saturated heterocycles. The van der Waals surface area contributed by atoms with E-state index in [9.17, 15) is 19.8 Å². The molecule has 0 radical (unpaired) electrons. The van der Waals surface area contributed by atoms with Gasteiger partial charge in [0.15, 0.2) is 34.6 Å². The molecule has 0 fully saturated rings. The molecule has 12 nitrogen and oxygen atoms in total. The van der Waals surface area contributed by atoms with Crippen molar-refractivity contribution in [2.24, 2.45) is 0 Å². The van der Waals surface area contributed by atoms with E-state index < -0.39 is 24.0 Å². The van der Waals surface area contributed by atoms with Crippen LogP contribution in [0.15, 0.2) is 71.8 Å². The third-order valence-electron chi connectivity index (χ3n) is 10.9. The number of allylic oxidation sites excluding steroid dienone is 4. The average Bonchev–Trinajstić information content (AvgIpc) is 3.24. The highest BCUT2D eigenvalue weighted by Gasteiger charge is 2.46. The highest BCUT2D eigenvalue weighted by molar-refractivity contribution is 9.09. The number of rotatable bonds is 9. The maximum atomic E-state index is 13.5. The van der Waals surface area contributed by atoms with Gasteiger partial charge in [-0.05, 0) is 70.0 Å². The molecule has 0 unspecified atom stereocenters.